The average molecular weight is 285 g/mol. The largest absolute Gasteiger partial charge is 0.352 e. The lowest BCUT2D eigenvalue weighted by molar-refractivity contribution is -0.122. The molecule has 3 N–H and O–H groups in total. The number of nitrogens with one attached hydrogen (secondary N) is 1. The second-order valence-electron chi connectivity index (χ2n) is 4.03. The smallest absolute Gasteiger partial charge is 0.236 e. The topological polar surface area (TPSA) is 55.1 Å². The highest BCUT2D eigenvalue weighted by molar-refractivity contribution is 9.10. The molecule has 0 aliphatic carbocycles. The summed E-state index contributed by atoms with van der Waals surface area (Å²) < 4.78 is 1.06. The van der Waals surface area contributed by atoms with Crippen LogP contribution in [0.15, 0.2) is 28.7 Å². The summed E-state index contributed by atoms with van der Waals surface area (Å²) in [4.78, 5) is 11.4. The zero-order valence-corrected chi connectivity index (χ0v) is 11.1. The second kappa shape index (κ2) is 6.01. The van der Waals surface area contributed by atoms with Crippen molar-refractivity contribution < 1.29 is 4.79 Å². The summed E-state index contributed by atoms with van der Waals surface area (Å²) in [5.74, 6) is -0.107. The zero-order valence-electron chi connectivity index (χ0n) is 9.53. The van der Waals surface area contributed by atoms with Gasteiger partial charge in [-0.1, -0.05) is 28.1 Å². The van der Waals surface area contributed by atoms with E-state index < -0.39 is 6.04 Å². The Morgan fingerprint density at radius 3 is 2.44 bits per heavy atom. The molecule has 0 aromatic heterocycles. The molecule has 0 heterocycles. The van der Waals surface area contributed by atoms with Crippen LogP contribution in [-0.4, -0.2) is 18.0 Å². The van der Waals surface area contributed by atoms with Crippen LogP contribution in [0.4, 0.5) is 0 Å². The van der Waals surface area contributed by atoms with E-state index in [9.17, 15) is 4.79 Å². The van der Waals surface area contributed by atoms with E-state index in [4.69, 9.17) is 5.73 Å². The molecule has 0 aliphatic rings. The number of nitrogens with two attached hydrogens (primary N) is 1. The lowest BCUT2D eigenvalue weighted by Crippen LogP contribution is -2.43. The van der Waals surface area contributed by atoms with Gasteiger partial charge in [0.2, 0.25) is 5.91 Å². The molecule has 1 rings (SSSR count). The maximum Gasteiger partial charge on any atom is 0.236 e. The Labute approximate surface area is 105 Å². The van der Waals surface area contributed by atoms with Gasteiger partial charge >= 0.3 is 0 Å². The Kier molecular flexibility index (Phi) is 4.96. The van der Waals surface area contributed by atoms with E-state index in [1.807, 2.05) is 31.2 Å². The highest BCUT2D eigenvalue weighted by Crippen LogP contribution is 2.11. The lowest BCUT2D eigenvalue weighted by atomic mass is 10.1. The van der Waals surface area contributed by atoms with Crippen molar-refractivity contribution in [2.75, 3.05) is 0 Å². The Balaban J connectivity index is 2.48. The van der Waals surface area contributed by atoms with Crippen LogP contribution < -0.4 is 11.1 Å². The Morgan fingerprint density at radius 2 is 1.94 bits per heavy atom. The average Bonchev–Trinajstić information content (AvgIpc) is 2.21. The van der Waals surface area contributed by atoms with Crippen molar-refractivity contribution in [3.05, 3.63) is 34.3 Å². The molecule has 4 heteroatoms. The zero-order chi connectivity index (χ0) is 12.1. The molecular weight excluding hydrogens is 268 g/mol. The normalized spacial score (nSPS) is 14.2. The van der Waals surface area contributed by atoms with Crippen LogP contribution in [0.3, 0.4) is 0 Å². The first kappa shape index (κ1) is 13.2. The molecule has 1 amide bonds. The summed E-state index contributed by atoms with van der Waals surface area (Å²) in [5.41, 5.74) is 6.67. The van der Waals surface area contributed by atoms with Gasteiger partial charge in [-0.3, -0.25) is 4.79 Å². The lowest BCUT2D eigenvalue weighted by Gasteiger charge is -2.15. The SMILES string of the molecule is CC(Cc1ccc(Br)cc1)NC(=O)C(C)N. The van der Waals surface area contributed by atoms with Crippen molar-refractivity contribution >= 4 is 21.8 Å². The van der Waals surface area contributed by atoms with Crippen LogP contribution in [0, 0.1) is 0 Å². The van der Waals surface area contributed by atoms with Crippen LogP contribution >= 0.6 is 15.9 Å². The summed E-state index contributed by atoms with van der Waals surface area (Å²) in [6.45, 7) is 3.66. The van der Waals surface area contributed by atoms with E-state index in [0.717, 1.165) is 10.9 Å². The summed E-state index contributed by atoms with van der Waals surface area (Å²) in [6.07, 6.45) is 0.811. The van der Waals surface area contributed by atoms with Crippen LogP contribution in [-0.2, 0) is 11.2 Å². The third-order valence-electron chi connectivity index (χ3n) is 2.26. The second-order valence-corrected chi connectivity index (χ2v) is 4.94. The van der Waals surface area contributed by atoms with Crippen molar-refractivity contribution in [1.29, 1.82) is 0 Å². The highest BCUT2D eigenvalue weighted by Gasteiger charge is 2.11. The van der Waals surface area contributed by atoms with Gasteiger partial charge in [0.1, 0.15) is 0 Å². The maximum absolute atomic E-state index is 11.4. The van der Waals surface area contributed by atoms with Crippen LogP contribution in [0.5, 0.6) is 0 Å². The maximum atomic E-state index is 11.4. The van der Waals surface area contributed by atoms with Gasteiger partial charge in [0.15, 0.2) is 0 Å². The van der Waals surface area contributed by atoms with E-state index in [1.165, 1.54) is 5.56 Å². The summed E-state index contributed by atoms with van der Waals surface area (Å²) in [5, 5.41) is 2.87. The van der Waals surface area contributed by atoms with Gasteiger partial charge in [-0.15, -0.1) is 0 Å². The van der Waals surface area contributed by atoms with E-state index >= 15 is 0 Å². The van der Waals surface area contributed by atoms with Crippen molar-refractivity contribution in [3.8, 4) is 0 Å². The number of carbonyl (C=O) groups is 1. The third-order valence-corrected chi connectivity index (χ3v) is 2.79. The number of carbonyl (C=O) groups excluding carboxylic acids is 1. The van der Waals surface area contributed by atoms with E-state index in [2.05, 4.69) is 21.2 Å². The van der Waals surface area contributed by atoms with Gasteiger partial charge in [-0.2, -0.15) is 0 Å². The third kappa shape index (κ3) is 4.33. The molecule has 1 aromatic rings. The van der Waals surface area contributed by atoms with Gasteiger partial charge in [-0.25, -0.2) is 0 Å². The number of hydrogen-bond donors (Lipinski definition) is 2. The molecule has 1 aromatic carbocycles. The molecule has 0 saturated heterocycles. The monoisotopic (exact) mass is 284 g/mol. The first-order chi connectivity index (χ1) is 7.49. The van der Waals surface area contributed by atoms with Gasteiger partial charge < -0.3 is 11.1 Å². The van der Waals surface area contributed by atoms with Gasteiger partial charge in [0.25, 0.3) is 0 Å². The summed E-state index contributed by atoms with van der Waals surface area (Å²) >= 11 is 3.38. The first-order valence-electron chi connectivity index (χ1n) is 5.29. The molecule has 2 unspecified atom stereocenters. The number of rotatable bonds is 4. The molecule has 88 valence electrons. The molecular formula is C12H17BrN2O. The van der Waals surface area contributed by atoms with Crippen molar-refractivity contribution in [1.82, 2.24) is 5.32 Å². The number of benzene rings is 1. The number of hydrogen-bond acceptors (Lipinski definition) is 2. The summed E-state index contributed by atoms with van der Waals surface area (Å²) in [7, 11) is 0. The van der Waals surface area contributed by atoms with Crippen molar-refractivity contribution in [2.24, 2.45) is 5.73 Å². The van der Waals surface area contributed by atoms with Crippen LogP contribution in [0.2, 0.25) is 0 Å². The van der Waals surface area contributed by atoms with Gasteiger partial charge in [0.05, 0.1) is 6.04 Å². The van der Waals surface area contributed by atoms with Crippen LogP contribution in [0.25, 0.3) is 0 Å². The summed E-state index contributed by atoms with van der Waals surface area (Å²) in [6, 6.07) is 7.72. The van der Waals surface area contributed by atoms with E-state index in [1.54, 1.807) is 6.92 Å². The molecule has 16 heavy (non-hydrogen) atoms. The Morgan fingerprint density at radius 1 is 1.38 bits per heavy atom. The molecule has 0 fully saturated rings. The predicted octanol–water partition coefficient (Wildman–Crippen LogP) is 1.84. The van der Waals surface area contributed by atoms with Crippen molar-refractivity contribution in [3.63, 3.8) is 0 Å². The van der Waals surface area contributed by atoms with Gasteiger partial charge in [0, 0.05) is 10.5 Å². The fourth-order valence-corrected chi connectivity index (χ4v) is 1.66. The quantitative estimate of drug-likeness (QED) is 0.887. The van der Waals surface area contributed by atoms with Crippen molar-refractivity contribution in [2.45, 2.75) is 32.4 Å². The predicted molar refractivity (Wildman–Crippen MR) is 69.1 cm³/mol. The molecule has 2 atom stereocenters. The Bertz CT molecular complexity index is 349. The standard InChI is InChI=1S/C12H17BrN2O/c1-8(15-12(16)9(2)14)7-10-3-5-11(13)6-4-10/h3-6,8-9H,7,14H2,1-2H3,(H,15,16). The molecule has 0 saturated carbocycles. The number of amides is 1. The first-order valence-corrected chi connectivity index (χ1v) is 6.08. The van der Waals surface area contributed by atoms with E-state index in [0.29, 0.717) is 0 Å². The molecule has 0 aliphatic heterocycles. The fraction of sp³-hybridized carbons (Fsp3) is 0.417. The molecule has 3 nitrogen and oxygen atoms in total. The minimum absolute atomic E-state index is 0.0969. The minimum atomic E-state index is -0.452. The highest BCUT2D eigenvalue weighted by atomic mass is 79.9. The Hall–Kier alpha value is -0.870. The van der Waals surface area contributed by atoms with E-state index in [-0.39, 0.29) is 11.9 Å². The number of halogens is 1. The molecule has 0 spiro atoms. The van der Waals surface area contributed by atoms with Crippen LogP contribution in [0.1, 0.15) is 19.4 Å². The molecule has 0 radical (unpaired) electrons. The minimum Gasteiger partial charge on any atom is -0.352 e. The van der Waals surface area contributed by atoms with Gasteiger partial charge in [-0.05, 0) is 38.0 Å². The fourth-order valence-electron chi connectivity index (χ4n) is 1.40. The molecule has 0 bridgehead atoms.